The Labute approximate surface area is 118 Å². The number of anilines is 1. The Morgan fingerprint density at radius 2 is 1.76 bits per heavy atom. The second-order valence-corrected chi connectivity index (χ2v) is 4.27. The molecule has 2 aromatic rings. The molecule has 0 atom stereocenters. The molecule has 4 nitrogen and oxygen atoms in total. The highest BCUT2D eigenvalue weighted by Gasteiger charge is 2.14. The van der Waals surface area contributed by atoms with E-state index in [1.54, 1.807) is 6.07 Å². The van der Waals surface area contributed by atoms with Crippen molar-refractivity contribution in [3.8, 4) is 0 Å². The third-order valence-electron chi connectivity index (χ3n) is 2.79. The quantitative estimate of drug-likeness (QED) is 0.599. The van der Waals surface area contributed by atoms with Crippen molar-refractivity contribution in [2.75, 3.05) is 5.43 Å². The molecule has 7 heteroatoms. The first-order chi connectivity index (χ1) is 10.0. The van der Waals surface area contributed by atoms with Crippen LogP contribution in [0.1, 0.15) is 15.9 Å². The Hall–Kier alpha value is -2.54. The highest BCUT2D eigenvalue weighted by atomic mass is 19.1. The Morgan fingerprint density at radius 3 is 2.33 bits per heavy atom. The van der Waals surface area contributed by atoms with E-state index in [4.69, 9.17) is 5.84 Å². The van der Waals surface area contributed by atoms with Gasteiger partial charge in [0, 0.05) is 12.1 Å². The van der Waals surface area contributed by atoms with Gasteiger partial charge >= 0.3 is 0 Å². The molecule has 4 N–H and O–H groups in total. The lowest BCUT2D eigenvalue weighted by atomic mass is 10.1. The monoisotopic (exact) mass is 295 g/mol. The predicted molar refractivity (Wildman–Crippen MR) is 71.7 cm³/mol. The molecule has 2 rings (SSSR count). The van der Waals surface area contributed by atoms with Crippen molar-refractivity contribution in [1.82, 2.24) is 5.32 Å². The minimum Gasteiger partial charge on any atom is -0.348 e. The molecule has 0 fully saturated rings. The van der Waals surface area contributed by atoms with Crippen molar-refractivity contribution in [2.24, 2.45) is 5.84 Å². The summed E-state index contributed by atoms with van der Waals surface area (Å²) in [6.45, 7) is 0.0384. The van der Waals surface area contributed by atoms with Crippen molar-refractivity contribution < 1.29 is 18.0 Å². The van der Waals surface area contributed by atoms with Crippen LogP contribution in [0.3, 0.4) is 0 Å². The van der Waals surface area contributed by atoms with Gasteiger partial charge in [0.1, 0.15) is 11.5 Å². The number of amides is 1. The van der Waals surface area contributed by atoms with Crippen LogP contribution in [0, 0.1) is 17.5 Å². The van der Waals surface area contributed by atoms with E-state index < -0.39 is 29.0 Å². The van der Waals surface area contributed by atoms with Gasteiger partial charge in [-0.3, -0.25) is 10.6 Å². The molecule has 0 aliphatic rings. The molecule has 1 amide bonds. The van der Waals surface area contributed by atoms with Crippen molar-refractivity contribution in [1.29, 1.82) is 0 Å². The van der Waals surface area contributed by atoms with Crippen molar-refractivity contribution in [2.45, 2.75) is 6.54 Å². The number of carbonyl (C=O) groups excluding carboxylic acids is 1. The molecule has 2 aromatic carbocycles. The van der Waals surface area contributed by atoms with E-state index in [1.807, 2.05) is 5.43 Å². The molecule has 0 saturated heterocycles. The number of hydrazine groups is 1. The summed E-state index contributed by atoms with van der Waals surface area (Å²) in [5.41, 5.74) is 1.69. The zero-order chi connectivity index (χ0) is 15.4. The standard InChI is InChI=1S/C14H12F3N3O/c15-10-3-1-2-8(4-10)7-19-14(21)9-5-11(16)13(20-18)12(17)6-9/h1-6,20H,7,18H2,(H,19,21). The number of nitrogens with one attached hydrogen (secondary N) is 2. The van der Waals surface area contributed by atoms with Crippen LogP contribution >= 0.6 is 0 Å². The molecule has 0 heterocycles. The first kappa shape index (κ1) is 14.9. The van der Waals surface area contributed by atoms with Crippen LogP contribution in [0.15, 0.2) is 36.4 Å². The summed E-state index contributed by atoms with van der Waals surface area (Å²) in [5.74, 6) is 1.89. The number of nitrogen functional groups attached to an aromatic ring is 1. The number of hydrogen-bond donors (Lipinski definition) is 3. The molecular formula is C14H12F3N3O. The summed E-state index contributed by atoms with van der Waals surface area (Å²) in [6.07, 6.45) is 0. The molecule has 0 unspecified atom stereocenters. The lowest BCUT2D eigenvalue weighted by molar-refractivity contribution is 0.0950. The van der Waals surface area contributed by atoms with Gasteiger partial charge in [-0.1, -0.05) is 12.1 Å². The maximum atomic E-state index is 13.5. The molecule has 0 aliphatic heterocycles. The van der Waals surface area contributed by atoms with Crippen LogP contribution in [0.25, 0.3) is 0 Å². The number of rotatable bonds is 4. The molecule has 21 heavy (non-hydrogen) atoms. The van der Waals surface area contributed by atoms with Gasteiger partial charge in [-0.15, -0.1) is 0 Å². The smallest absolute Gasteiger partial charge is 0.251 e. The van der Waals surface area contributed by atoms with E-state index >= 15 is 0 Å². The Kier molecular flexibility index (Phi) is 4.44. The van der Waals surface area contributed by atoms with E-state index in [9.17, 15) is 18.0 Å². The van der Waals surface area contributed by atoms with Crippen molar-refractivity contribution in [3.63, 3.8) is 0 Å². The van der Waals surface area contributed by atoms with Gasteiger partial charge in [0.15, 0.2) is 11.6 Å². The Bertz CT molecular complexity index is 653. The van der Waals surface area contributed by atoms with Gasteiger partial charge in [0.05, 0.1) is 0 Å². The number of benzene rings is 2. The SMILES string of the molecule is NNc1c(F)cc(C(=O)NCc2cccc(F)c2)cc1F. The minimum atomic E-state index is -0.978. The molecule has 110 valence electrons. The Balaban J connectivity index is 2.10. The highest BCUT2D eigenvalue weighted by molar-refractivity contribution is 5.94. The first-order valence-corrected chi connectivity index (χ1v) is 5.99. The Morgan fingerprint density at radius 1 is 1.10 bits per heavy atom. The minimum absolute atomic E-state index is 0.0384. The lowest BCUT2D eigenvalue weighted by Crippen LogP contribution is -2.23. The van der Waals surface area contributed by atoms with Crippen molar-refractivity contribution in [3.05, 3.63) is 65.0 Å². The van der Waals surface area contributed by atoms with Gasteiger partial charge in [0.25, 0.3) is 5.91 Å². The van der Waals surface area contributed by atoms with Crippen LogP contribution in [0.4, 0.5) is 18.9 Å². The van der Waals surface area contributed by atoms with Crippen LogP contribution < -0.4 is 16.6 Å². The summed E-state index contributed by atoms with van der Waals surface area (Å²) in [5, 5.41) is 2.44. The zero-order valence-corrected chi connectivity index (χ0v) is 10.8. The van der Waals surface area contributed by atoms with Gasteiger partial charge in [-0.2, -0.15) is 0 Å². The summed E-state index contributed by atoms with van der Waals surface area (Å²) in [4.78, 5) is 11.8. The van der Waals surface area contributed by atoms with Crippen LogP contribution in [0.2, 0.25) is 0 Å². The maximum absolute atomic E-state index is 13.5. The van der Waals surface area contributed by atoms with Gasteiger partial charge in [-0.25, -0.2) is 13.2 Å². The fraction of sp³-hybridized carbons (Fsp3) is 0.0714. The topological polar surface area (TPSA) is 67.1 Å². The van der Waals surface area contributed by atoms with Crippen LogP contribution in [0.5, 0.6) is 0 Å². The third kappa shape index (κ3) is 3.51. The summed E-state index contributed by atoms with van der Waals surface area (Å²) in [7, 11) is 0. The number of hydrogen-bond acceptors (Lipinski definition) is 3. The second-order valence-electron chi connectivity index (χ2n) is 4.27. The van der Waals surface area contributed by atoms with Crippen molar-refractivity contribution >= 4 is 11.6 Å². The number of nitrogens with two attached hydrogens (primary N) is 1. The van der Waals surface area contributed by atoms with Gasteiger partial charge in [-0.05, 0) is 29.8 Å². The first-order valence-electron chi connectivity index (χ1n) is 5.99. The fourth-order valence-corrected chi connectivity index (χ4v) is 1.77. The predicted octanol–water partition coefficient (Wildman–Crippen LogP) is 2.32. The van der Waals surface area contributed by atoms with Gasteiger partial charge in [0.2, 0.25) is 0 Å². The molecule has 0 radical (unpaired) electrons. The zero-order valence-electron chi connectivity index (χ0n) is 10.8. The second kappa shape index (κ2) is 6.27. The summed E-state index contributed by atoms with van der Waals surface area (Å²) >= 11 is 0. The average molecular weight is 295 g/mol. The molecule has 0 bridgehead atoms. The fourth-order valence-electron chi connectivity index (χ4n) is 1.77. The third-order valence-corrected chi connectivity index (χ3v) is 2.79. The molecular weight excluding hydrogens is 283 g/mol. The van der Waals surface area contributed by atoms with E-state index in [2.05, 4.69) is 5.32 Å². The number of halogens is 3. The van der Waals surface area contributed by atoms with E-state index in [0.717, 1.165) is 12.1 Å². The summed E-state index contributed by atoms with van der Waals surface area (Å²) in [6, 6.07) is 7.36. The van der Waals surface area contributed by atoms with Gasteiger partial charge < -0.3 is 10.7 Å². The molecule has 0 saturated carbocycles. The molecule has 0 spiro atoms. The largest absolute Gasteiger partial charge is 0.348 e. The average Bonchev–Trinajstić information content (AvgIpc) is 2.44. The molecule has 0 aliphatic carbocycles. The normalized spacial score (nSPS) is 10.3. The number of carbonyl (C=O) groups is 1. The van der Waals surface area contributed by atoms with E-state index in [-0.39, 0.29) is 12.1 Å². The maximum Gasteiger partial charge on any atom is 0.251 e. The highest BCUT2D eigenvalue weighted by Crippen LogP contribution is 2.19. The summed E-state index contributed by atoms with van der Waals surface area (Å²) < 4.78 is 39.9. The van der Waals surface area contributed by atoms with Crippen LogP contribution in [-0.4, -0.2) is 5.91 Å². The molecule has 0 aromatic heterocycles. The van der Waals surface area contributed by atoms with E-state index in [0.29, 0.717) is 5.56 Å². The van der Waals surface area contributed by atoms with Crippen LogP contribution in [-0.2, 0) is 6.54 Å². The van der Waals surface area contributed by atoms with E-state index in [1.165, 1.54) is 18.2 Å². The lowest BCUT2D eigenvalue weighted by Gasteiger charge is -2.08.